The number of piperidine rings is 1. The number of carbonyl (C=O) groups excluding carboxylic acids is 1. The van der Waals surface area contributed by atoms with Gasteiger partial charge in [-0.05, 0) is 74.7 Å². The van der Waals surface area contributed by atoms with Crippen LogP contribution in [0, 0.1) is 11.8 Å². The third kappa shape index (κ3) is 4.51. The molecule has 0 radical (unpaired) electrons. The first-order valence-corrected chi connectivity index (χ1v) is 11.3. The van der Waals surface area contributed by atoms with E-state index in [0.29, 0.717) is 11.8 Å². The summed E-state index contributed by atoms with van der Waals surface area (Å²) in [7, 11) is 0. The largest absolute Gasteiger partial charge is 0.342 e. The van der Waals surface area contributed by atoms with Crippen LogP contribution in [0.2, 0.25) is 0 Å². The smallest absolute Gasteiger partial charge is 0.226 e. The molecule has 1 amide bonds. The van der Waals surface area contributed by atoms with E-state index in [4.69, 9.17) is 0 Å². The molecule has 2 heterocycles. The summed E-state index contributed by atoms with van der Waals surface area (Å²) >= 11 is 3.49. The highest BCUT2D eigenvalue weighted by Crippen LogP contribution is 2.48. The van der Waals surface area contributed by atoms with E-state index in [9.17, 15) is 4.79 Å². The molecule has 0 spiro atoms. The lowest BCUT2D eigenvalue weighted by Gasteiger charge is -2.35. The molecule has 4 rings (SSSR count). The molecule has 0 bridgehead atoms. The van der Waals surface area contributed by atoms with Crippen LogP contribution in [0.1, 0.15) is 56.4 Å². The molecule has 2 saturated heterocycles. The first-order chi connectivity index (χ1) is 12.7. The van der Waals surface area contributed by atoms with E-state index in [1.165, 1.54) is 63.7 Å². The Balaban J connectivity index is 1.23. The lowest BCUT2D eigenvalue weighted by atomic mass is 9.95. The fourth-order valence-corrected chi connectivity index (χ4v) is 5.06. The number of amides is 1. The number of hydrogen-bond donors (Lipinski definition) is 0. The minimum Gasteiger partial charge on any atom is -0.342 e. The minimum absolute atomic E-state index is 0.235. The summed E-state index contributed by atoms with van der Waals surface area (Å²) in [5, 5.41) is 0. The molecule has 3 nitrogen and oxygen atoms in total. The van der Waals surface area contributed by atoms with Crippen molar-refractivity contribution in [1.29, 1.82) is 0 Å². The quantitative estimate of drug-likeness (QED) is 0.708. The van der Waals surface area contributed by atoms with Crippen molar-refractivity contribution in [2.24, 2.45) is 11.8 Å². The number of benzene rings is 1. The summed E-state index contributed by atoms with van der Waals surface area (Å²) < 4.78 is 1.11. The number of likely N-dealkylation sites (tertiary alicyclic amines) is 2. The zero-order valence-electron chi connectivity index (χ0n) is 15.7. The second-order valence-corrected chi connectivity index (χ2v) is 9.40. The topological polar surface area (TPSA) is 23.6 Å². The average molecular weight is 419 g/mol. The van der Waals surface area contributed by atoms with Crippen molar-refractivity contribution in [3.05, 3.63) is 34.3 Å². The lowest BCUT2D eigenvalue weighted by Crippen LogP contribution is -2.42. The summed E-state index contributed by atoms with van der Waals surface area (Å²) in [6.07, 6.45) is 8.98. The van der Waals surface area contributed by atoms with Gasteiger partial charge in [0.2, 0.25) is 5.91 Å². The van der Waals surface area contributed by atoms with Crippen molar-refractivity contribution >= 4 is 21.8 Å². The van der Waals surface area contributed by atoms with E-state index in [0.717, 1.165) is 29.9 Å². The SMILES string of the molecule is O=C(C1CC1c1ccc(Br)cc1)N1CCC(CN2CCCCCC2)CC1. The Labute approximate surface area is 166 Å². The van der Waals surface area contributed by atoms with Crippen LogP contribution in [0.5, 0.6) is 0 Å². The Bertz CT molecular complexity index is 601. The van der Waals surface area contributed by atoms with Gasteiger partial charge in [-0.15, -0.1) is 0 Å². The Kier molecular flexibility index (Phi) is 6.00. The third-order valence-corrected chi connectivity index (χ3v) is 7.08. The second-order valence-electron chi connectivity index (χ2n) is 8.48. The first-order valence-electron chi connectivity index (χ1n) is 10.5. The van der Waals surface area contributed by atoms with E-state index in [1.54, 1.807) is 0 Å². The first kappa shape index (κ1) is 18.5. The number of carbonyl (C=O) groups is 1. The minimum atomic E-state index is 0.235. The van der Waals surface area contributed by atoms with Crippen molar-refractivity contribution in [1.82, 2.24) is 9.80 Å². The standard InChI is InChI=1S/C22H31BrN2O/c23-19-7-5-18(6-8-19)20-15-21(20)22(26)25-13-9-17(10-14-25)16-24-11-3-1-2-4-12-24/h5-8,17,20-21H,1-4,9-16H2. The monoisotopic (exact) mass is 418 g/mol. The van der Waals surface area contributed by atoms with Crippen molar-refractivity contribution in [2.75, 3.05) is 32.7 Å². The van der Waals surface area contributed by atoms with Gasteiger partial charge in [0.25, 0.3) is 0 Å². The van der Waals surface area contributed by atoms with Crippen LogP contribution in [0.3, 0.4) is 0 Å². The molecule has 4 heteroatoms. The maximum atomic E-state index is 12.9. The molecule has 1 aromatic carbocycles. The average Bonchev–Trinajstić information content (AvgIpc) is 3.47. The van der Waals surface area contributed by atoms with Gasteiger partial charge in [0.1, 0.15) is 0 Å². The molecule has 2 unspecified atom stereocenters. The fourth-order valence-electron chi connectivity index (χ4n) is 4.80. The van der Waals surface area contributed by atoms with Crippen molar-refractivity contribution < 1.29 is 4.79 Å². The van der Waals surface area contributed by atoms with Crippen LogP contribution in [-0.2, 0) is 4.79 Å². The second kappa shape index (κ2) is 8.43. The highest BCUT2D eigenvalue weighted by Gasteiger charge is 2.46. The maximum Gasteiger partial charge on any atom is 0.226 e. The van der Waals surface area contributed by atoms with Crippen molar-refractivity contribution in [3.63, 3.8) is 0 Å². The molecule has 1 saturated carbocycles. The summed E-state index contributed by atoms with van der Waals surface area (Å²) in [6, 6.07) is 8.50. The van der Waals surface area contributed by atoms with E-state index >= 15 is 0 Å². The molecule has 0 aromatic heterocycles. The van der Waals surface area contributed by atoms with E-state index in [-0.39, 0.29) is 5.92 Å². The Morgan fingerprint density at radius 2 is 1.62 bits per heavy atom. The molecule has 1 aliphatic carbocycles. The summed E-state index contributed by atoms with van der Waals surface area (Å²) in [4.78, 5) is 17.7. The van der Waals surface area contributed by atoms with Crippen LogP contribution in [0.25, 0.3) is 0 Å². The van der Waals surface area contributed by atoms with Crippen LogP contribution in [-0.4, -0.2) is 48.4 Å². The highest BCUT2D eigenvalue weighted by atomic mass is 79.9. The highest BCUT2D eigenvalue weighted by molar-refractivity contribution is 9.10. The molecule has 26 heavy (non-hydrogen) atoms. The molecule has 2 aliphatic heterocycles. The summed E-state index contributed by atoms with van der Waals surface area (Å²) in [5.74, 6) is 1.88. The van der Waals surface area contributed by atoms with Gasteiger partial charge in [0, 0.05) is 30.0 Å². The van der Waals surface area contributed by atoms with E-state index in [2.05, 4.69) is 50.0 Å². The molecule has 0 N–H and O–H groups in total. The van der Waals surface area contributed by atoms with Gasteiger partial charge in [-0.25, -0.2) is 0 Å². The van der Waals surface area contributed by atoms with Crippen LogP contribution >= 0.6 is 15.9 Å². The number of nitrogens with zero attached hydrogens (tertiary/aromatic N) is 2. The molecule has 1 aromatic rings. The van der Waals surface area contributed by atoms with Gasteiger partial charge in [-0.2, -0.15) is 0 Å². The normalized spacial score (nSPS) is 28.0. The number of hydrogen-bond acceptors (Lipinski definition) is 2. The predicted molar refractivity (Wildman–Crippen MR) is 109 cm³/mol. The number of rotatable bonds is 4. The molecule has 3 aliphatic rings. The van der Waals surface area contributed by atoms with Gasteiger partial charge < -0.3 is 9.80 Å². The molecule has 3 fully saturated rings. The lowest BCUT2D eigenvalue weighted by molar-refractivity contribution is -0.134. The van der Waals surface area contributed by atoms with Gasteiger partial charge in [0.05, 0.1) is 0 Å². The number of halogens is 1. The summed E-state index contributed by atoms with van der Waals surface area (Å²) in [5.41, 5.74) is 1.32. The van der Waals surface area contributed by atoms with Gasteiger partial charge in [-0.3, -0.25) is 4.79 Å². The zero-order chi connectivity index (χ0) is 17.9. The molecular weight excluding hydrogens is 388 g/mol. The van der Waals surface area contributed by atoms with Gasteiger partial charge in [0.15, 0.2) is 0 Å². The summed E-state index contributed by atoms with van der Waals surface area (Å²) in [6.45, 7) is 5.78. The van der Waals surface area contributed by atoms with Crippen LogP contribution in [0.4, 0.5) is 0 Å². The van der Waals surface area contributed by atoms with Gasteiger partial charge >= 0.3 is 0 Å². The van der Waals surface area contributed by atoms with E-state index < -0.39 is 0 Å². The van der Waals surface area contributed by atoms with Gasteiger partial charge in [-0.1, -0.05) is 40.9 Å². The van der Waals surface area contributed by atoms with Crippen molar-refractivity contribution in [3.8, 4) is 0 Å². The predicted octanol–water partition coefficient (Wildman–Crippen LogP) is 4.67. The maximum absolute atomic E-state index is 12.9. The molecule has 2 atom stereocenters. The molecule has 142 valence electrons. The Hall–Kier alpha value is -0.870. The van der Waals surface area contributed by atoms with Crippen LogP contribution < -0.4 is 0 Å². The molecular formula is C22H31BrN2O. The van der Waals surface area contributed by atoms with Crippen LogP contribution in [0.15, 0.2) is 28.7 Å². The zero-order valence-corrected chi connectivity index (χ0v) is 17.3. The fraction of sp³-hybridized carbons (Fsp3) is 0.682. The third-order valence-electron chi connectivity index (χ3n) is 6.55. The Morgan fingerprint density at radius 1 is 0.962 bits per heavy atom. The Morgan fingerprint density at radius 3 is 2.27 bits per heavy atom. The van der Waals surface area contributed by atoms with Crippen molar-refractivity contribution in [2.45, 2.75) is 50.9 Å². The van der Waals surface area contributed by atoms with E-state index in [1.807, 2.05) is 0 Å².